The number of benzene rings is 3. The van der Waals surface area contributed by atoms with Crippen LogP contribution in [-0.2, 0) is 0 Å². The smallest absolute Gasteiger partial charge is 0.296 e. The molecule has 0 radical (unpaired) electrons. The summed E-state index contributed by atoms with van der Waals surface area (Å²) in [6, 6.07) is 19.6. The summed E-state index contributed by atoms with van der Waals surface area (Å²) in [7, 11) is 4.67. The second kappa shape index (κ2) is 9.38. The van der Waals surface area contributed by atoms with Gasteiger partial charge in [-0.05, 0) is 48.5 Å². The Morgan fingerprint density at radius 3 is 2.47 bits per heavy atom. The average molecular weight is 482 g/mol. The number of nitrogens with one attached hydrogen (secondary N) is 1. The van der Waals surface area contributed by atoms with Crippen LogP contribution in [0.3, 0.4) is 0 Å². The van der Waals surface area contributed by atoms with E-state index in [1.54, 1.807) is 63.8 Å². The average Bonchev–Trinajstić information content (AvgIpc) is 3.24. The van der Waals surface area contributed by atoms with Gasteiger partial charge < -0.3 is 24.3 Å². The van der Waals surface area contributed by atoms with Gasteiger partial charge in [-0.1, -0.05) is 18.2 Å². The highest BCUT2D eigenvalue weighted by Crippen LogP contribution is 2.38. The van der Waals surface area contributed by atoms with Gasteiger partial charge >= 0.3 is 0 Å². The molecule has 36 heavy (non-hydrogen) atoms. The van der Waals surface area contributed by atoms with Gasteiger partial charge in [-0.15, -0.1) is 10.2 Å². The highest BCUT2D eigenvalue weighted by atomic mass is 16.5. The first kappa shape index (κ1) is 22.9. The van der Waals surface area contributed by atoms with Crippen LogP contribution in [0.2, 0.25) is 0 Å². The van der Waals surface area contributed by atoms with Gasteiger partial charge in [-0.3, -0.25) is 4.79 Å². The fraction of sp³-hybridized carbons (Fsp3) is 0.111. The van der Waals surface area contributed by atoms with Crippen LogP contribution in [-0.4, -0.2) is 42.3 Å². The Morgan fingerprint density at radius 2 is 1.69 bits per heavy atom. The number of carbonyl (C=O) groups excluding carboxylic acids is 1. The highest BCUT2D eigenvalue weighted by molar-refractivity contribution is 6.07. The van der Waals surface area contributed by atoms with Gasteiger partial charge in [0.2, 0.25) is 5.88 Å². The number of aromatic nitrogens is 2. The number of H-pyrrole nitrogens is 1. The van der Waals surface area contributed by atoms with Crippen molar-refractivity contribution in [3.05, 3.63) is 72.3 Å². The molecule has 0 saturated heterocycles. The molecule has 9 heteroatoms. The summed E-state index contributed by atoms with van der Waals surface area (Å²) < 4.78 is 16.0. The lowest BCUT2D eigenvalue weighted by Crippen LogP contribution is -1.99. The third-order valence-corrected chi connectivity index (χ3v) is 5.83. The molecule has 180 valence electrons. The number of rotatable bonds is 6. The normalized spacial score (nSPS) is 11.3. The molecule has 0 unspecified atom stereocenters. The van der Waals surface area contributed by atoms with Crippen LogP contribution in [0, 0.1) is 0 Å². The molecule has 9 nitrogen and oxygen atoms in total. The minimum absolute atomic E-state index is 0.149. The number of hydrogen-bond acceptors (Lipinski definition) is 7. The van der Waals surface area contributed by atoms with Crippen molar-refractivity contribution >= 4 is 33.4 Å². The lowest BCUT2D eigenvalue weighted by atomic mass is 10.0. The maximum absolute atomic E-state index is 13.3. The van der Waals surface area contributed by atoms with Crippen molar-refractivity contribution in [3.63, 3.8) is 0 Å². The molecule has 5 rings (SSSR count). The molecule has 2 heterocycles. The van der Waals surface area contributed by atoms with Gasteiger partial charge in [-0.2, -0.15) is 0 Å². The maximum atomic E-state index is 13.3. The van der Waals surface area contributed by atoms with E-state index in [9.17, 15) is 9.90 Å². The number of fused-ring (bicyclic) bond motifs is 2. The summed E-state index contributed by atoms with van der Waals surface area (Å²) in [5.41, 5.74) is 3.04. The van der Waals surface area contributed by atoms with Crippen LogP contribution in [0.25, 0.3) is 33.1 Å². The van der Waals surface area contributed by atoms with Crippen LogP contribution in [0.5, 0.6) is 23.1 Å². The summed E-state index contributed by atoms with van der Waals surface area (Å²) in [6.07, 6.45) is 0. The molecule has 0 aliphatic carbocycles. The highest BCUT2D eigenvalue weighted by Gasteiger charge is 2.17. The Balaban J connectivity index is 1.59. The van der Waals surface area contributed by atoms with Crippen LogP contribution >= 0.6 is 0 Å². The molecule has 2 aromatic heterocycles. The molecule has 0 spiro atoms. The predicted octanol–water partition coefficient (Wildman–Crippen LogP) is 6.04. The Kier molecular flexibility index (Phi) is 5.95. The molecule has 2 N–H and O–H groups in total. The van der Waals surface area contributed by atoms with Crippen molar-refractivity contribution in [2.45, 2.75) is 0 Å². The van der Waals surface area contributed by atoms with Crippen LogP contribution in [0.15, 0.2) is 77.0 Å². The second-order valence-electron chi connectivity index (χ2n) is 7.88. The van der Waals surface area contributed by atoms with Crippen molar-refractivity contribution in [1.29, 1.82) is 0 Å². The zero-order chi connectivity index (χ0) is 25.2. The Labute approximate surface area is 206 Å². The van der Waals surface area contributed by atoms with E-state index >= 15 is 0 Å². The molecule has 0 atom stereocenters. The van der Waals surface area contributed by atoms with Crippen molar-refractivity contribution in [3.8, 4) is 34.4 Å². The number of carbonyl (C=O) groups is 1. The predicted molar refractivity (Wildman–Crippen MR) is 136 cm³/mol. The van der Waals surface area contributed by atoms with Gasteiger partial charge in [0, 0.05) is 16.3 Å². The number of pyridine rings is 1. The molecule has 0 saturated carbocycles. The van der Waals surface area contributed by atoms with E-state index in [2.05, 4.69) is 15.2 Å². The van der Waals surface area contributed by atoms with Gasteiger partial charge in [0.25, 0.3) is 5.91 Å². The first-order chi connectivity index (χ1) is 17.5. The zero-order valence-corrected chi connectivity index (χ0v) is 19.8. The topological polar surface area (TPSA) is 118 Å². The summed E-state index contributed by atoms with van der Waals surface area (Å²) >= 11 is 0. The first-order valence-corrected chi connectivity index (χ1v) is 11.0. The maximum Gasteiger partial charge on any atom is 0.296 e. The van der Waals surface area contributed by atoms with Crippen molar-refractivity contribution in [1.82, 2.24) is 9.97 Å². The van der Waals surface area contributed by atoms with Gasteiger partial charge in [0.15, 0.2) is 17.2 Å². The molecule has 0 aliphatic rings. The monoisotopic (exact) mass is 482 g/mol. The van der Waals surface area contributed by atoms with E-state index in [0.29, 0.717) is 50.3 Å². The lowest BCUT2D eigenvalue weighted by Gasteiger charge is -2.11. The van der Waals surface area contributed by atoms with Gasteiger partial charge in [0.1, 0.15) is 5.75 Å². The molecule has 3 aromatic carbocycles. The molecule has 0 aliphatic heterocycles. The van der Waals surface area contributed by atoms with Gasteiger partial charge in [-0.25, -0.2) is 4.98 Å². The molecule has 1 amide bonds. The molecular formula is C27H22N4O5. The summed E-state index contributed by atoms with van der Waals surface area (Å²) in [6.45, 7) is 0. The number of methoxy groups -OCH3 is 3. The number of nitrogens with zero attached hydrogens (tertiary/aromatic N) is 3. The molecule has 0 fully saturated rings. The minimum atomic E-state index is -0.577. The SMILES string of the molecule is COc1ccc2[nH]c(O)c(N=NC(=O)c3cc(-c4ccc(OC)c(OC)c4)nc4ccccc34)c2c1. The second-order valence-corrected chi connectivity index (χ2v) is 7.88. The van der Waals surface area contributed by atoms with Crippen LogP contribution in [0.4, 0.5) is 5.69 Å². The largest absolute Gasteiger partial charge is 0.497 e. The fourth-order valence-electron chi connectivity index (χ4n) is 4.02. The zero-order valence-electron chi connectivity index (χ0n) is 19.8. The summed E-state index contributed by atoms with van der Waals surface area (Å²) in [5, 5.41) is 19.6. The standard InChI is InChI=1S/C27H22N4O5/c1-34-16-9-10-21-19(13-16)25(27(33)29-21)30-31-26(32)18-14-22(28-20-7-5-4-6-17(18)20)15-8-11-23(35-2)24(12-15)36-3/h4-14,29,33H,1-3H3. The van der Waals surface area contributed by atoms with Crippen LogP contribution < -0.4 is 14.2 Å². The van der Waals surface area contributed by atoms with E-state index in [4.69, 9.17) is 19.2 Å². The number of aromatic hydroxyl groups is 1. The third-order valence-electron chi connectivity index (χ3n) is 5.83. The minimum Gasteiger partial charge on any atom is -0.497 e. The van der Waals surface area contributed by atoms with Crippen molar-refractivity contribution in [2.75, 3.05) is 21.3 Å². The first-order valence-electron chi connectivity index (χ1n) is 11.0. The van der Waals surface area contributed by atoms with Gasteiger partial charge in [0.05, 0.1) is 43.6 Å². The van der Waals surface area contributed by atoms with E-state index < -0.39 is 5.91 Å². The molecular weight excluding hydrogens is 460 g/mol. The number of amides is 1. The number of para-hydroxylation sites is 1. The quantitative estimate of drug-likeness (QED) is 0.285. The van der Waals surface area contributed by atoms with E-state index in [0.717, 1.165) is 5.56 Å². The number of hydrogen-bond donors (Lipinski definition) is 2. The third kappa shape index (κ3) is 4.07. The number of ether oxygens (including phenoxy) is 3. The Hall–Kier alpha value is -4.92. The Morgan fingerprint density at radius 1 is 0.889 bits per heavy atom. The fourth-order valence-corrected chi connectivity index (χ4v) is 4.02. The lowest BCUT2D eigenvalue weighted by molar-refractivity contribution is 0.0996. The van der Waals surface area contributed by atoms with Crippen LogP contribution in [0.1, 0.15) is 10.4 Å². The number of azo groups is 1. The Bertz CT molecular complexity index is 1640. The summed E-state index contributed by atoms with van der Waals surface area (Å²) in [4.78, 5) is 20.8. The van der Waals surface area contributed by atoms with E-state index in [1.165, 1.54) is 0 Å². The number of aromatic amines is 1. The molecule has 5 aromatic rings. The van der Waals surface area contributed by atoms with E-state index in [-0.39, 0.29) is 11.6 Å². The van der Waals surface area contributed by atoms with E-state index in [1.807, 2.05) is 24.3 Å². The van der Waals surface area contributed by atoms with Crippen molar-refractivity contribution < 1.29 is 24.1 Å². The summed E-state index contributed by atoms with van der Waals surface area (Å²) in [5.74, 6) is 0.946. The molecule has 0 bridgehead atoms. The van der Waals surface area contributed by atoms with Crippen molar-refractivity contribution in [2.24, 2.45) is 10.2 Å².